The zero-order valence-corrected chi connectivity index (χ0v) is 23.2. The molecule has 198 valence electrons. The minimum absolute atomic E-state index is 0.0291. The van der Waals surface area contributed by atoms with Crippen LogP contribution in [0.5, 0.6) is 5.75 Å². The third-order valence-corrected chi connectivity index (χ3v) is 12.7. The average Bonchev–Trinajstić information content (AvgIpc) is 3.38. The number of fused-ring (bicyclic) bond motifs is 2. The highest BCUT2D eigenvalue weighted by Gasteiger charge is 2.64. The second-order valence-corrected chi connectivity index (χ2v) is 15.4. The first-order chi connectivity index (χ1) is 18.2. The summed E-state index contributed by atoms with van der Waals surface area (Å²) in [6.45, 7) is 6.66. The summed E-state index contributed by atoms with van der Waals surface area (Å²) in [7, 11) is -0.564. The molecule has 0 unspecified atom stereocenters. The van der Waals surface area contributed by atoms with Crippen LogP contribution in [0.25, 0.3) is 0 Å². The minimum atomic E-state index is -2.22. The van der Waals surface area contributed by atoms with Gasteiger partial charge in [-0.25, -0.2) is 0 Å². The van der Waals surface area contributed by atoms with Crippen LogP contribution in [0, 0.1) is 5.92 Å². The maximum absolute atomic E-state index is 13.7. The van der Waals surface area contributed by atoms with Gasteiger partial charge in [-0.15, -0.1) is 0 Å². The Morgan fingerprint density at radius 1 is 1.11 bits per heavy atom. The van der Waals surface area contributed by atoms with Gasteiger partial charge in [0, 0.05) is 35.0 Å². The van der Waals surface area contributed by atoms with Crippen LogP contribution in [0.15, 0.2) is 72.8 Å². The van der Waals surface area contributed by atoms with E-state index in [4.69, 9.17) is 9.47 Å². The highest BCUT2D eigenvalue weighted by molar-refractivity contribution is 6.91. The molecule has 2 heterocycles. The Balaban J connectivity index is 1.52. The lowest BCUT2D eigenvalue weighted by atomic mass is 9.82. The van der Waals surface area contributed by atoms with E-state index in [0.29, 0.717) is 23.4 Å². The van der Waals surface area contributed by atoms with Gasteiger partial charge in [-0.3, -0.25) is 9.59 Å². The Morgan fingerprint density at radius 3 is 2.47 bits per heavy atom. The van der Waals surface area contributed by atoms with Crippen molar-refractivity contribution in [2.75, 3.05) is 24.4 Å². The van der Waals surface area contributed by atoms with E-state index in [9.17, 15) is 14.7 Å². The Hall–Kier alpha value is -3.46. The van der Waals surface area contributed by atoms with E-state index in [-0.39, 0.29) is 36.0 Å². The van der Waals surface area contributed by atoms with Crippen LogP contribution in [0.1, 0.15) is 29.3 Å². The first-order valence-electron chi connectivity index (χ1n) is 13.0. The lowest BCUT2D eigenvalue weighted by Gasteiger charge is -2.37. The van der Waals surface area contributed by atoms with Crippen molar-refractivity contribution in [3.05, 3.63) is 83.9 Å². The van der Waals surface area contributed by atoms with Gasteiger partial charge in [-0.05, 0) is 54.4 Å². The molecule has 0 bridgehead atoms. The van der Waals surface area contributed by atoms with Crippen LogP contribution in [0.4, 0.5) is 11.4 Å². The Morgan fingerprint density at radius 2 is 1.82 bits per heavy atom. The van der Waals surface area contributed by atoms with Crippen LogP contribution in [0.3, 0.4) is 0 Å². The zero-order valence-electron chi connectivity index (χ0n) is 22.2. The third-order valence-electron chi connectivity index (χ3n) is 8.30. The number of rotatable bonds is 7. The summed E-state index contributed by atoms with van der Waals surface area (Å²) in [5.74, 6) is 0.217. The van der Waals surface area contributed by atoms with Crippen molar-refractivity contribution in [1.82, 2.24) is 0 Å². The number of benzene rings is 3. The predicted molar refractivity (Wildman–Crippen MR) is 151 cm³/mol. The number of aliphatic hydroxyl groups excluding tert-OH is 1. The molecule has 8 heteroatoms. The number of ether oxygens (including phenoxy) is 2. The van der Waals surface area contributed by atoms with Crippen LogP contribution in [-0.2, 0) is 15.1 Å². The van der Waals surface area contributed by atoms with E-state index in [0.717, 1.165) is 11.3 Å². The topological polar surface area (TPSA) is 96.9 Å². The fourth-order valence-corrected chi connectivity index (χ4v) is 10.5. The number of nitrogens with one attached hydrogen (secondary N) is 2. The molecule has 4 atom stereocenters. The third kappa shape index (κ3) is 4.22. The van der Waals surface area contributed by atoms with Gasteiger partial charge in [-0.2, -0.15) is 0 Å². The Labute approximate surface area is 224 Å². The monoisotopic (exact) mass is 530 g/mol. The fraction of sp³-hybridized carbons (Fsp3) is 0.333. The van der Waals surface area contributed by atoms with Gasteiger partial charge in [0.1, 0.15) is 5.75 Å². The maximum atomic E-state index is 13.7. The Kier molecular flexibility index (Phi) is 6.89. The number of amides is 2. The van der Waals surface area contributed by atoms with Crippen LogP contribution < -0.4 is 20.6 Å². The molecule has 0 saturated carbocycles. The number of carbonyl (C=O) groups is 2. The molecule has 1 fully saturated rings. The quantitative estimate of drug-likeness (QED) is 0.391. The molecule has 1 spiro atoms. The molecule has 0 aromatic heterocycles. The number of methoxy groups -OCH3 is 1. The van der Waals surface area contributed by atoms with Gasteiger partial charge in [0.15, 0.2) is 5.60 Å². The largest absolute Gasteiger partial charge is 0.497 e. The van der Waals surface area contributed by atoms with Crippen molar-refractivity contribution >= 4 is 36.4 Å². The highest BCUT2D eigenvalue weighted by Crippen LogP contribution is 2.58. The van der Waals surface area contributed by atoms with Crippen molar-refractivity contribution in [1.29, 1.82) is 0 Å². The summed E-state index contributed by atoms with van der Waals surface area (Å²) in [6, 6.07) is 22.6. The minimum Gasteiger partial charge on any atom is -0.497 e. The molecule has 3 aromatic rings. The van der Waals surface area contributed by atoms with Crippen molar-refractivity contribution in [3.63, 3.8) is 0 Å². The normalized spacial score (nSPS) is 24.2. The van der Waals surface area contributed by atoms with E-state index in [1.54, 1.807) is 25.3 Å². The fourth-order valence-electron chi connectivity index (χ4n) is 6.40. The molecule has 2 amide bonds. The number of aliphatic hydroxyl groups is 1. The first-order valence-corrected chi connectivity index (χ1v) is 16.1. The highest BCUT2D eigenvalue weighted by atomic mass is 28.3. The lowest BCUT2D eigenvalue weighted by molar-refractivity contribution is -0.143. The average molecular weight is 531 g/mol. The molecule has 5 rings (SSSR count). The molecule has 3 aromatic carbocycles. The smallest absolute Gasteiger partial charge is 0.261 e. The van der Waals surface area contributed by atoms with Crippen molar-refractivity contribution in [3.8, 4) is 5.75 Å². The summed E-state index contributed by atoms with van der Waals surface area (Å²) in [5, 5.41) is 17.2. The number of anilines is 2. The summed E-state index contributed by atoms with van der Waals surface area (Å²) in [5.41, 5.74) is 1.42. The second-order valence-electron chi connectivity index (χ2n) is 10.7. The number of hydrogen-bond donors (Lipinski definition) is 3. The molecule has 2 aliphatic heterocycles. The van der Waals surface area contributed by atoms with Gasteiger partial charge >= 0.3 is 0 Å². The Bertz CT molecular complexity index is 1340. The molecule has 1 saturated heterocycles. The maximum Gasteiger partial charge on any atom is 0.261 e. The number of carbonyl (C=O) groups excluding carboxylic acids is 2. The summed E-state index contributed by atoms with van der Waals surface area (Å²) >= 11 is 0. The molecule has 7 nitrogen and oxygen atoms in total. The number of hydrogen-bond acceptors (Lipinski definition) is 5. The summed E-state index contributed by atoms with van der Waals surface area (Å²) < 4.78 is 12.1. The van der Waals surface area contributed by atoms with Crippen LogP contribution >= 0.6 is 0 Å². The SMILES string of the molecule is COc1ccc([Si](C)(C)[C@@H]2[C@@H](CCO)O[C@]3(C(=O)Nc4ccc(NC(=O)c5ccccc5)cc43)[C@H]2C)cc1. The first kappa shape index (κ1) is 26.2. The van der Waals surface area contributed by atoms with E-state index in [1.807, 2.05) is 42.5 Å². The van der Waals surface area contributed by atoms with Gasteiger partial charge in [-0.1, -0.05) is 55.5 Å². The van der Waals surface area contributed by atoms with E-state index < -0.39 is 13.7 Å². The molecule has 3 N–H and O–H groups in total. The van der Waals surface area contributed by atoms with Crippen molar-refractivity contribution < 1.29 is 24.2 Å². The molecular formula is C30H34N2O5Si. The molecular weight excluding hydrogens is 496 g/mol. The predicted octanol–water partition coefficient (Wildman–Crippen LogP) is 4.50. The molecule has 38 heavy (non-hydrogen) atoms. The van der Waals surface area contributed by atoms with Crippen LogP contribution in [-0.4, -0.2) is 44.8 Å². The van der Waals surface area contributed by atoms with Gasteiger partial charge in [0.25, 0.3) is 11.8 Å². The molecule has 0 radical (unpaired) electrons. The summed E-state index contributed by atoms with van der Waals surface area (Å²) in [6.07, 6.45) is 0.147. The van der Waals surface area contributed by atoms with Crippen molar-refractivity contribution in [2.24, 2.45) is 5.92 Å². The van der Waals surface area contributed by atoms with Gasteiger partial charge < -0.3 is 25.2 Å². The lowest BCUT2D eigenvalue weighted by Crippen LogP contribution is -2.51. The van der Waals surface area contributed by atoms with E-state index in [1.165, 1.54) is 5.19 Å². The van der Waals surface area contributed by atoms with Crippen molar-refractivity contribution in [2.45, 2.75) is 43.7 Å². The molecule has 0 aliphatic carbocycles. The van der Waals surface area contributed by atoms with Gasteiger partial charge in [0.2, 0.25) is 0 Å². The standard InChI is InChI=1S/C30H34N2O5Si/c1-19-27(38(3,4)23-13-11-22(36-2)12-14-23)26(16-17-33)37-30(19)24-18-21(10-15-25(24)32-29(30)35)31-28(34)20-8-6-5-7-9-20/h5-15,18-19,26-27,33H,16-17H2,1-4H3,(H,31,34)(H,32,35)/t19-,26+,27-,30+/m0/s1. The zero-order chi connectivity index (χ0) is 27.1. The summed E-state index contributed by atoms with van der Waals surface area (Å²) in [4.78, 5) is 26.5. The van der Waals surface area contributed by atoms with Crippen LogP contribution in [0.2, 0.25) is 18.6 Å². The second kappa shape index (κ2) is 10.0. The van der Waals surface area contributed by atoms with E-state index in [2.05, 4.69) is 42.8 Å². The van der Waals surface area contributed by atoms with Gasteiger partial charge in [0.05, 0.1) is 21.3 Å². The van der Waals surface area contributed by atoms with E-state index >= 15 is 0 Å². The molecule has 2 aliphatic rings.